The van der Waals surface area contributed by atoms with Gasteiger partial charge < -0.3 is 10.6 Å². The van der Waals surface area contributed by atoms with Crippen LogP contribution in [0.25, 0.3) is 6.08 Å². The van der Waals surface area contributed by atoms with Crippen LogP contribution in [0.3, 0.4) is 0 Å². The normalized spacial score (nSPS) is 12.5. The lowest BCUT2D eigenvalue weighted by atomic mass is 10.1. The zero-order valence-electron chi connectivity index (χ0n) is 16.6. The Hall–Kier alpha value is -3.66. The van der Waals surface area contributed by atoms with E-state index in [0.29, 0.717) is 11.4 Å². The van der Waals surface area contributed by atoms with Crippen LogP contribution in [0.1, 0.15) is 24.1 Å². The molecule has 7 nitrogen and oxygen atoms in total. The van der Waals surface area contributed by atoms with Crippen LogP contribution in [-0.2, 0) is 15.8 Å². The molecule has 11 heteroatoms. The summed E-state index contributed by atoms with van der Waals surface area (Å²) in [5.74, 6) is -0.832. The third-order valence-corrected chi connectivity index (χ3v) is 4.69. The van der Waals surface area contributed by atoms with E-state index in [4.69, 9.17) is 11.6 Å². The molecule has 0 aliphatic carbocycles. The standard InChI is InChI=1S/C21H17ClF3N5O2/c1-13(30-12-26-11-27-30)20(32)29-16-6-4-15(5-7-16)28-19(31)9-3-14-2-8-18(22)17(10-14)21(23,24)25/h2-13H,1H3,(H,28,31)(H,29,32)/b9-3+. The monoisotopic (exact) mass is 463 g/mol. The molecule has 2 N–H and O–H groups in total. The first-order chi connectivity index (χ1) is 15.1. The van der Waals surface area contributed by atoms with Gasteiger partial charge in [0, 0.05) is 17.5 Å². The summed E-state index contributed by atoms with van der Waals surface area (Å²) in [7, 11) is 0. The van der Waals surface area contributed by atoms with Gasteiger partial charge in [0.05, 0.1) is 10.6 Å². The quantitative estimate of drug-likeness (QED) is 0.514. The van der Waals surface area contributed by atoms with Crippen LogP contribution in [0.5, 0.6) is 0 Å². The number of amides is 2. The highest BCUT2D eigenvalue weighted by Crippen LogP contribution is 2.35. The van der Waals surface area contributed by atoms with Gasteiger partial charge >= 0.3 is 6.18 Å². The van der Waals surface area contributed by atoms with Gasteiger partial charge in [-0.15, -0.1) is 0 Å². The van der Waals surface area contributed by atoms with E-state index >= 15 is 0 Å². The van der Waals surface area contributed by atoms with Crippen LogP contribution >= 0.6 is 11.6 Å². The Balaban J connectivity index is 1.58. The number of hydrogen-bond acceptors (Lipinski definition) is 4. The Bertz CT molecular complexity index is 1130. The number of carbonyl (C=O) groups is 2. The van der Waals surface area contributed by atoms with Crippen LogP contribution in [0.15, 0.2) is 61.2 Å². The number of nitrogens with one attached hydrogen (secondary N) is 2. The van der Waals surface area contributed by atoms with Gasteiger partial charge in [0.15, 0.2) is 0 Å². The molecule has 166 valence electrons. The van der Waals surface area contributed by atoms with Crippen molar-refractivity contribution in [2.45, 2.75) is 19.1 Å². The molecule has 0 spiro atoms. The summed E-state index contributed by atoms with van der Waals surface area (Å²) in [5, 5.41) is 8.81. The van der Waals surface area contributed by atoms with Crippen LogP contribution in [0.2, 0.25) is 5.02 Å². The van der Waals surface area contributed by atoms with Crippen molar-refractivity contribution in [3.05, 3.63) is 77.3 Å². The molecule has 32 heavy (non-hydrogen) atoms. The van der Waals surface area contributed by atoms with Crippen molar-refractivity contribution in [3.8, 4) is 0 Å². The zero-order chi connectivity index (χ0) is 23.3. The molecule has 0 bridgehead atoms. The van der Waals surface area contributed by atoms with E-state index in [2.05, 4.69) is 20.7 Å². The lowest BCUT2D eigenvalue weighted by Gasteiger charge is -2.12. The Morgan fingerprint density at radius 2 is 1.75 bits per heavy atom. The highest BCUT2D eigenvalue weighted by Gasteiger charge is 2.33. The predicted octanol–water partition coefficient (Wildman–Crippen LogP) is 4.80. The predicted molar refractivity (Wildman–Crippen MR) is 114 cm³/mol. The van der Waals surface area contributed by atoms with Crippen molar-refractivity contribution in [1.82, 2.24) is 14.8 Å². The number of rotatable bonds is 6. The third-order valence-electron chi connectivity index (χ3n) is 4.36. The largest absolute Gasteiger partial charge is 0.417 e. The fourth-order valence-corrected chi connectivity index (χ4v) is 2.87. The molecule has 3 rings (SSSR count). The number of halogens is 4. The van der Waals surface area contributed by atoms with Crippen molar-refractivity contribution < 1.29 is 22.8 Å². The van der Waals surface area contributed by atoms with Gasteiger partial charge in [0.1, 0.15) is 18.7 Å². The zero-order valence-corrected chi connectivity index (χ0v) is 17.4. The van der Waals surface area contributed by atoms with Crippen molar-refractivity contribution >= 4 is 40.9 Å². The number of aromatic nitrogens is 3. The van der Waals surface area contributed by atoms with Crippen LogP contribution in [0.4, 0.5) is 24.5 Å². The molecule has 2 amide bonds. The molecule has 1 heterocycles. The molecule has 2 aromatic carbocycles. The molecule has 0 saturated carbocycles. The number of benzene rings is 2. The number of nitrogens with zero attached hydrogens (tertiary/aromatic N) is 3. The number of anilines is 2. The smallest absolute Gasteiger partial charge is 0.324 e. The fraction of sp³-hybridized carbons (Fsp3) is 0.143. The summed E-state index contributed by atoms with van der Waals surface area (Å²) in [5.41, 5.74) is 0.152. The highest BCUT2D eigenvalue weighted by atomic mass is 35.5. The van der Waals surface area contributed by atoms with E-state index in [1.807, 2.05) is 0 Å². The Labute approximate surface area is 185 Å². The topological polar surface area (TPSA) is 88.9 Å². The van der Waals surface area contributed by atoms with Gasteiger partial charge in [-0.2, -0.15) is 18.3 Å². The molecular formula is C21H17ClF3N5O2. The molecule has 3 aromatic rings. The molecule has 0 fully saturated rings. The van der Waals surface area contributed by atoms with Gasteiger partial charge in [-0.05, 0) is 55.0 Å². The van der Waals surface area contributed by atoms with Gasteiger partial charge in [-0.25, -0.2) is 9.67 Å². The average Bonchev–Trinajstić information content (AvgIpc) is 3.28. The molecule has 1 aromatic heterocycles. The van der Waals surface area contributed by atoms with E-state index in [0.717, 1.165) is 18.2 Å². The first kappa shape index (κ1) is 23.0. The minimum absolute atomic E-state index is 0.177. The van der Waals surface area contributed by atoms with Crippen molar-refractivity contribution in [2.24, 2.45) is 0 Å². The van der Waals surface area contributed by atoms with Gasteiger partial charge in [0.2, 0.25) is 11.8 Å². The average molecular weight is 464 g/mol. The van der Waals surface area contributed by atoms with E-state index in [1.165, 1.54) is 29.5 Å². The maximum absolute atomic E-state index is 12.9. The molecule has 1 atom stereocenters. The minimum atomic E-state index is -4.59. The SMILES string of the molecule is CC(C(=O)Nc1ccc(NC(=O)/C=C/c2ccc(Cl)c(C(F)(F)F)c2)cc1)n1cncn1. The van der Waals surface area contributed by atoms with Crippen LogP contribution in [0, 0.1) is 0 Å². The fourth-order valence-electron chi connectivity index (χ4n) is 2.64. The lowest BCUT2D eigenvalue weighted by molar-refractivity contribution is -0.137. The van der Waals surface area contributed by atoms with Crippen molar-refractivity contribution in [1.29, 1.82) is 0 Å². The minimum Gasteiger partial charge on any atom is -0.324 e. The van der Waals surface area contributed by atoms with Crippen molar-refractivity contribution in [2.75, 3.05) is 10.6 Å². The molecule has 0 radical (unpaired) electrons. The van der Waals surface area contributed by atoms with Crippen LogP contribution in [-0.4, -0.2) is 26.6 Å². The highest BCUT2D eigenvalue weighted by molar-refractivity contribution is 6.31. The first-order valence-corrected chi connectivity index (χ1v) is 9.62. The second kappa shape index (κ2) is 9.65. The van der Waals surface area contributed by atoms with Crippen molar-refractivity contribution in [3.63, 3.8) is 0 Å². The van der Waals surface area contributed by atoms with Crippen LogP contribution < -0.4 is 10.6 Å². The molecule has 0 saturated heterocycles. The second-order valence-electron chi connectivity index (χ2n) is 6.68. The maximum Gasteiger partial charge on any atom is 0.417 e. The Morgan fingerprint density at radius 3 is 2.34 bits per heavy atom. The third kappa shape index (κ3) is 5.94. The van der Waals surface area contributed by atoms with Gasteiger partial charge in [0.25, 0.3) is 0 Å². The van der Waals surface area contributed by atoms with E-state index in [9.17, 15) is 22.8 Å². The van der Waals surface area contributed by atoms with E-state index < -0.39 is 28.7 Å². The number of hydrogen-bond donors (Lipinski definition) is 2. The van der Waals surface area contributed by atoms with E-state index in [1.54, 1.807) is 31.2 Å². The molecular weight excluding hydrogens is 447 g/mol. The maximum atomic E-state index is 12.9. The number of carbonyl (C=O) groups excluding carboxylic acids is 2. The summed E-state index contributed by atoms with van der Waals surface area (Å²) in [6.07, 6.45) is 0.537. The van der Waals surface area contributed by atoms with Gasteiger partial charge in [-0.3, -0.25) is 9.59 Å². The molecule has 0 aliphatic heterocycles. The lowest BCUT2D eigenvalue weighted by Crippen LogP contribution is -2.24. The van der Waals surface area contributed by atoms with E-state index in [-0.39, 0.29) is 11.5 Å². The summed E-state index contributed by atoms with van der Waals surface area (Å²) in [6, 6.07) is 9.15. The summed E-state index contributed by atoms with van der Waals surface area (Å²) < 4.78 is 40.2. The summed E-state index contributed by atoms with van der Waals surface area (Å²) in [6.45, 7) is 1.67. The van der Waals surface area contributed by atoms with Gasteiger partial charge in [-0.1, -0.05) is 17.7 Å². The summed E-state index contributed by atoms with van der Waals surface area (Å²) >= 11 is 5.58. The second-order valence-corrected chi connectivity index (χ2v) is 7.08. The number of alkyl halides is 3. The summed E-state index contributed by atoms with van der Waals surface area (Å²) in [4.78, 5) is 28.1. The molecule has 1 unspecified atom stereocenters. The Morgan fingerprint density at radius 1 is 1.09 bits per heavy atom. The molecule has 0 aliphatic rings. The first-order valence-electron chi connectivity index (χ1n) is 9.24. The Kier molecular flexibility index (Phi) is 6.94.